The third kappa shape index (κ3) is 12.7. The van der Waals surface area contributed by atoms with Gasteiger partial charge in [0.05, 0.1) is 0 Å². The van der Waals surface area contributed by atoms with Crippen molar-refractivity contribution in [2.75, 3.05) is 0 Å². The molecule has 4 rings (SSSR count). The molecule has 3 fully saturated rings. The van der Waals surface area contributed by atoms with E-state index in [-0.39, 0.29) is 0 Å². The minimum atomic E-state index is 0.500. The van der Waals surface area contributed by atoms with Crippen LogP contribution in [0.2, 0.25) is 0 Å². The van der Waals surface area contributed by atoms with Crippen molar-refractivity contribution in [2.45, 2.75) is 223 Å². The van der Waals surface area contributed by atoms with E-state index in [0.717, 1.165) is 70.0 Å². The predicted octanol–water partition coefficient (Wildman–Crippen LogP) is 17.4. The molecule has 0 spiro atoms. The van der Waals surface area contributed by atoms with Gasteiger partial charge in [-0.2, -0.15) is 0 Å². The first kappa shape index (κ1) is 49.7. The molecule has 3 saturated carbocycles. The molecular formula is C50H100. The van der Waals surface area contributed by atoms with Crippen LogP contribution in [0.1, 0.15) is 223 Å². The fraction of sp³-hybridized carbons (Fsp3) is 0.960. The minimum absolute atomic E-state index is 0.500. The van der Waals surface area contributed by atoms with Gasteiger partial charge in [0.2, 0.25) is 0 Å². The van der Waals surface area contributed by atoms with Gasteiger partial charge >= 0.3 is 0 Å². The van der Waals surface area contributed by atoms with E-state index in [1.807, 2.05) is 0 Å². The number of hydrogen-bond donors (Lipinski definition) is 0. The third-order valence-electron chi connectivity index (χ3n) is 17.0. The fourth-order valence-corrected chi connectivity index (χ4v) is 10.2. The van der Waals surface area contributed by atoms with E-state index in [1.54, 1.807) is 0 Å². The molecule has 0 atom stereocenters. The van der Waals surface area contributed by atoms with E-state index < -0.39 is 0 Å². The highest BCUT2D eigenvalue weighted by Gasteiger charge is 2.47. The van der Waals surface area contributed by atoms with Crippen molar-refractivity contribution in [2.24, 2.45) is 86.3 Å². The molecule has 0 aromatic rings. The molecule has 0 heteroatoms. The molecule has 0 unspecified atom stereocenters. The smallest absolute Gasteiger partial charge is 0.0182 e. The Bertz CT molecular complexity index is 814. The minimum Gasteiger partial charge on any atom is -0.0879 e. The van der Waals surface area contributed by atoms with Crippen LogP contribution in [0.4, 0.5) is 0 Å². The van der Waals surface area contributed by atoms with Crippen LogP contribution in [0.25, 0.3) is 0 Å². The molecular weight excluding hydrogens is 601 g/mol. The lowest BCUT2D eigenvalue weighted by Crippen LogP contribution is -2.39. The SMILES string of the molecule is CC(C)C(C)(C)C(C)C.CC(C)C1(C(C)C)CC1.CC(C)C1(C(C)C)CC=CC1.CC(C)C1(C(C)C)CCC1.CC(C)C1(C(C)C)CCCC1. The van der Waals surface area contributed by atoms with Crippen LogP contribution < -0.4 is 0 Å². The lowest BCUT2D eigenvalue weighted by atomic mass is 9.56. The molecule has 4 aliphatic carbocycles. The van der Waals surface area contributed by atoms with Gasteiger partial charge in [0.1, 0.15) is 0 Å². The van der Waals surface area contributed by atoms with Crippen molar-refractivity contribution < 1.29 is 0 Å². The molecule has 0 nitrogen and oxygen atoms in total. The van der Waals surface area contributed by atoms with Crippen molar-refractivity contribution >= 4 is 0 Å². The molecule has 0 aromatic carbocycles. The average Bonchev–Trinajstić information content (AvgIpc) is 3.36. The van der Waals surface area contributed by atoms with Gasteiger partial charge in [-0.15, -0.1) is 0 Å². The Morgan fingerprint density at radius 3 is 0.620 bits per heavy atom. The zero-order valence-corrected chi connectivity index (χ0v) is 39.2. The summed E-state index contributed by atoms with van der Waals surface area (Å²) in [6, 6.07) is 0. The highest BCUT2D eigenvalue weighted by atomic mass is 14.5. The van der Waals surface area contributed by atoms with E-state index in [2.05, 4.69) is 164 Å². The molecule has 0 radical (unpaired) electrons. The standard InChI is InChI=1S/C11H22.C11H20.C10H20.C9H18.C9H20/c2*1-9(2)11(10(3)4)7-5-6-8-11;1-8(2)10(9(3)4)6-5-7-10;1-7(2)9(5-6-9)8(3)4;1-7(2)9(5,6)8(3)4/h9-10H,5-8H2,1-4H3;5-6,9-10H,7-8H2,1-4H3;8-9H,5-7H2,1-4H3;7-8H,5-6H2,1-4H3;7-8H,1-6H3. The van der Waals surface area contributed by atoms with E-state index in [1.165, 1.54) is 70.6 Å². The molecule has 4 aliphatic rings. The van der Waals surface area contributed by atoms with Crippen LogP contribution in [-0.2, 0) is 0 Å². The maximum absolute atomic E-state index is 2.39. The van der Waals surface area contributed by atoms with Crippen molar-refractivity contribution in [3.05, 3.63) is 12.2 Å². The summed E-state index contributed by atoms with van der Waals surface area (Å²) in [6.07, 6.45) is 20.5. The molecule has 50 heavy (non-hydrogen) atoms. The van der Waals surface area contributed by atoms with Crippen molar-refractivity contribution in [3.63, 3.8) is 0 Å². The Labute approximate surface area is 320 Å². The van der Waals surface area contributed by atoms with E-state index >= 15 is 0 Å². The summed E-state index contributed by atoms with van der Waals surface area (Å²) in [7, 11) is 0. The van der Waals surface area contributed by atoms with Gasteiger partial charge in [-0.3, -0.25) is 0 Å². The van der Waals surface area contributed by atoms with Gasteiger partial charge in [0.25, 0.3) is 0 Å². The van der Waals surface area contributed by atoms with Crippen LogP contribution >= 0.6 is 0 Å². The molecule has 0 amide bonds. The Hall–Kier alpha value is -0.260. The van der Waals surface area contributed by atoms with E-state index in [9.17, 15) is 0 Å². The Kier molecular flexibility index (Phi) is 20.9. The quantitative estimate of drug-likeness (QED) is 0.199. The summed E-state index contributed by atoms with van der Waals surface area (Å²) in [4.78, 5) is 0. The molecule has 0 heterocycles. The van der Waals surface area contributed by atoms with Crippen molar-refractivity contribution in [1.29, 1.82) is 0 Å². The zero-order valence-electron chi connectivity index (χ0n) is 39.2. The highest BCUT2D eigenvalue weighted by Crippen LogP contribution is 2.57. The Morgan fingerprint density at radius 2 is 0.540 bits per heavy atom. The van der Waals surface area contributed by atoms with Gasteiger partial charge in [-0.1, -0.05) is 184 Å². The first-order valence-electron chi connectivity index (χ1n) is 22.4. The summed E-state index contributed by atoms with van der Waals surface area (Å²) in [6.45, 7) is 51.7. The first-order chi connectivity index (χ1) is 22.8. The van der Waals surface area contributed by atoms with Crippen molar-refractivity contribution in [1.82, 2.24) is 0 Å². The largest absolute Gasteiger partial charge is 0.0879 e. The highest BCUT2D eigenvalue weighted by molar-refractivity contribution is 5.05. The normalized spacial score (nSPS) is 21.3. The van der Waals surface area contributed by atoms with E-state index in [0.29, 0.717) is 16.2 Å². The second kappa shape index (κ2) is 21.0. The molecule has 0 N–H and O–H groups in total. The summed E-state index contributed by atoms with van der Waals surface area (Å²) in [5, 5.41) is 0. The molecule has 0 aliphatic heterocycles. The summed E-state index contributed by atoms with van der Waals surface area (Å²) < 4.78 is 0. The molecule has 0 bridgehead atoms. The van der Waals surface area contributed by atoms with Crippen LogP contribution in [0.15, 0.2) is 12.2 Å². The first-order valence-corrected chi connectivity index (χ1v) is 22.4. The van der Waals surface area contributed by atoms with Crippen LogP contribution in [-0.4, -0.2) is 0 Å². The van der Waals surface area contributed by atoms with Gasteiger partial charge in [0.15, 0.2) is 0 Å². The maximum Gasteiger partial charge on any atom is -0.0182 e. The number of hydrogen-bond acceptors (Lipinski definition) is 0. The average molecular weight is 701 g/mol. The second-order valence-corrected chi connectivity index (χ2v) is 21.7. The van der Waals surface area contributed by atoms with Crippen LogP contribution in [0, 0.1) is 86.3 Å². The lowest BCUT2D eigenvalue weighted by molar-refractivity contribution is 0.0135. The van der Waals surface area contributed by atoms with E-state index in [4.69, 9.17) is 0 Å². The van der Waals surface area contributed by atoms with Gasteiger partial charge in [-0.25, -0.2) is 0 Å². The fourth-order valence-electron chi connectivity index (χ4n) is 10.2. The predicted molar refractivity (Wildman–Crippen MR) is 232 cm³/mol. The molecule has 300 valence electrons. The zero-order chi connectivity index (χ0) is 39.5. The maximum atomic E-state index is 2.39. The van der Waals surface area contributed by atoms with Gasteiger partial charge in [-0.05, 0) is 138 Å². The monoisotopic (exact) mass is 701 g/mol. The Morgan fingerprint density at radius 1 is 0.320 bits per heavy atom. The van der Waals surface area contributed by atoms with Crippen molar-refractivity contribution in [3.8, 4) is 0 Å². The Balaban J connectivity index is 0.000000602. The van der Waals surface area contributed by atoms with Gasteiger partial charge in [0, 0.05) is 0 Å². The summed E-state index contributed by atoms with van der Waals surface area (Å²) in [5.74, 6) is 8.55. The summed E-state index contributed by atoms with van der Waals surface area (Å²) in [5.41, 5.74) is 3.25. The number of rotatable bonds is 10. The second-order valence-electron chi connectivity index (χ2n) is 21.7. The van der Waals surface area contributed by atoms with Crippen LogP contribution in [0.5, 0.6) is 0 Å². The van der Waals surface area contributed by atoms with Crippen LogP contribution in [0.3, 0.4) is 0 Å². The third-order valence-corrected chi connectivity index (χ3v) is 17.0. The summed E-state index contributed by atoms with van der Waals surface area (Å²) >= 11 is 0. The topological polar surface area (TPSA) is 0 Å². The van der Waals surface area contributed by atoms with Gasteiger partial charge < -0.3 is 0 Å². The molecule has 0 aromatic heterocycles. The lowest BCUT2D eigenvalue weighted by Gasteiger charge is -2.49. The number of allylic oxidation sites excluding steroid dienone is 2. The molecule has 0 saturated heterocycles.